The first-order valence-electron chi connectivity index (χ1n) is 6.90. The first kappa shape index (κ1) is 15.8. The van der Waals surface area contributed by atoms with Crippen molar-refractivity contribution in [3.05, 3.63) is 0 Å². The Balaban J connectivity index is 2.47. The van der Waals surface area contributed by atoms with Gasteiger partial charge in [0.25, 0.3) is 0 Å². The minimum absolute atomic E-state index is 0.142. The van der Waals surface area contributed by atoms with Gasteiger partial charge >= 0.3 is 12.0 Å². The summed E-state index contributed by atoms with van der Waals surface area (Å²) < 4.78 is 0. The van der Waals surface area contributed by atoms with Gasteiger partial charge in [0.1, 0.15) is 0 Å². The number of carboxylic acid groups (broad SMARTS) is 1. The van der Waals surface area contributed by atoms with Crippen LogP contribution in [0.5, 0.6) is 0 Å². The summed E-state index contributed by atoms with van der Waals surface area (Å²) in [6.07, 6.45) is 2.28. The molecule has 110 valence electrons. The van der Waals surface area contributed by atoms with Crippen LogP contribution in [-0.2, 0) is 4.79 Å². The molecule has 0 aliphatic carbocycles. The molecule has 0 bridgehead atoms. The normalized spacial score (nSPS) is 24.1. The Bertz CT molecular complexity index is 349. The number of nitrogens with one attached hydrogen (secondary N) is 1. The Kier molecular flexibility index (Phi) is 4.82. The van der Waals surface area contributed by atoms with Crippen LogP contribution in [0.1, 0.15) is 47.0 Å². The van der Waals surface area contributed by atoms with Crippen LogP contribution < -0.4 is 5.32 Å². The topological polar surface area (TPSA) is 69.6 Å². The monoisotopic (exact) mass is 270 g/mol. The minimum atomic E-state index is -0.820. The van der Waals surface area contributed by atoms with E-state index in [1.807, 2.05) is 0 Å². The molecule has 0 aromatic heterocycles. The van der Waals surface area contributed by atoms with Gasteiger partial charge in [-0.3, -0.25) is 4.79 Å². The van der Waals surface area contributed by atoms with Gasteiger partial charge in [0.2, 0.25) is 0 Å². The van der Waals surface area contributed by atoms with Crippen LogP contribution >= 0.6 is 0 Å². The molecule has 1 aliphatic rings. The molecule has 2 N–H and O–H groups in total. The number of hydrogen-bond donors (Lipinski definition) is 2. The number of carbonyl (C=O) groups excluding carboxylic acids is 1. The number of likely N-dealkylation sites (tertiary alicyclic amines) is 1. The molecular weight excluding hydrogens is 244 g/mol. The maximum Gasteiger partial charge on any atom is 0.317 e. The summed E-state index contributed by atoms with van der Waals surface area (Å²) in [5.41, 5.74) is -0.621. The number of carboxylic acids is 1. The largest absolute Gasteiger partial charge is 0.481 e. The SMILES string of the molecule is CC(C)(C)CCNC(=O)N1CCCC(C)(C(=O)O)C1. The highest BCUT2D eigenvalue weighted by molar-refractivity contribution is 5.78. The molecule has 0 aromatic rings. The zero-order valence-corrected chi connectivity index (χ0v) is 12.5. The Morgan fingerprint density at radius 2 is 2.00 bits per heavy atom. The van der Waals surface area contributed by atoms with Gasteiger partial charge < -0.3 is 15.3 Å². The summed E-state index contributed by atoms with van der Waals surface area (Å²) in [5, 5.41) is 12.1. The zero-order chi connectivity index (χ0) is 14.7. The number of amides is 2. The van der Waals surface area contributed by atoms with Crippen LogP contribution in [0.15, 0.2) is 0 Å². The highest BCUT2D eigenvalue weighted by Crippen LogP contribution is 2.29. The van der Waals surface area contributed by atoms with Crippen LogP contribution in [0.3, 0.4) is 0 Å². The van der Waals surface area contributed by atoms with E-state index in [4.69, 9.17) is 0 Å². The van der Waals surface area contributed by atoms with E-state index in [0.29, 0.717) is 26.1 Å². The van der Waals surface area contributed by atoms with Gasteiger partial charge in [-0.1, -0.05) is 20.8 Å². The molecular formula is C14H26N2O3. The quantitative estimate of drug-likeness (QED) is 0.827. The standard InChI is InChI=1S/C14H26N2O3/c1-13(2,3)7-8-15-12(19)16-9-5-6-14(4,10-16)11(17)18/h5-10H2,1-4H3,(H,15,19)(H,17,18). The van der Waals surface area contributed by atoms with Gasteiger partial charge in [-0.05, 0) is 31.6 Å². The molecule has 5 nitrogen and oxygen atoms in total. The molecule has 0 saturated carbocycles. The third-order valence-electron chi connectivity index (χ3n) is 3.65. The minimum Gasteiger partial charge on any atom is -0.481 e. The molecule has 19 heavy (non-hydrogen) atoms. The molecule has 1 atom stereocenters. The van der Waals surface area contributed by atoms with E-state index in [1.165, 1.54) is 0 Å². The van der Waals surface area contributed by atoms with Crippen LogP contribution in [0, 0.1) is 10.8 Å². The van der Waals surface area contributed by atoms with E-state index in [9.17, 15) is 14.7 Å². The van der Waals surface area contributed by atoms with E-state index in [0.717, 1.165) is 12.8 Å². The van der Waals surface area contributed by atoms with E-state index in [2.05, 4.69) is 26.1 Å². The highest BCUT2D eigenvalue weighted by atomic mass is 16.4. The van der Waals surface area contributed by atoms with Crippen molar-refractivity contribution >= 4 is 12.0 Å². The van der Waals surface area contributed by atoms with Crippen molar-refractivity contribution in [3.8, 4) is 0 Å². The molecule has 0 radical (unpaired) electrons. The summed E-state index contributed by atoms with van der Waals surface area (Å²) in [6.45, 7) is 9.66. The van der Waals surface area contributed by atoms with E-state index >= 15 is 0 Å². The molecule has 0 spiro atoms. The lowest BCUT2D eigenvalue weighted by Gasteiger charge is -2.37. The van der Waals surface area contributed by atoms with Crippen LogP contribution in [0.25, 0.3) is 0 Å². The second-order valence-corrected chi connectivity index (χ2v) is 6.93. The predicted molar refractivity (Wildman–Crippen MR) is 74.0 cm³/mol. The average Bonchev–Trinajstić information content (AvgIpc) is 2.27. The number of aliphatic carboxylic acids is 1. The molecule has 1 heterocycles. The Labute approximate surface area is 115 Å². The van der Waals surface area contributed by atoms with Gasteiger partial charge in [-0.25, -0.2) is 4.79 Å². The summed E-state index contributed by atoms with van der Waals surface area (Å²) in [6, 6.07) is -0.142. The van der Waals surface area contributed by atoms with Crippen LogP contribution in [0.2, 0.25) is 0 Å². The highest BCUT2D eigenvalue weighted by Gasteiger charge is 2.39. The number of hydrogen-bond acceptors (Lipinski definition) is 2. The number of carbonyl (C=O) groups is 2. The second kappa shape index (κ2) is 5.80. The van der Waals surface area contributed by atoms with Crippen molar-refractivity contribution in [3.63, 3.8) is 0 Å². The van der Waals surface area contributed by atoms with Crippen molar-refractivity contribution in [2.24, 2.45) is 10.8 Å². The second-order valence-electron chi connectivity index (χ2n) is 6.93. The zero-order valence-electron chi connectivity index (χ0n) is 12.5. The van der Waals surface area contributed by atoms with Crippen molar-refractivity contribution in [2.45, 2.75) is 47.0 Å². The number of rotatable bonds is 3. The van der Waals surface area contributed by atoms with Gasteiger partial charge in [0, 0.05) is 19.6 Å². The fraction of sp³-hybridized carbons (Fsp3) is 0.857. The summed E-state index contributed by atoms with van der Waals surface area (Å²) in [4.78, 5) is 24.9. The molecule has 1 saturated heterocycles. The molecule has 1 aliphatic heterocycles. The van der Waals surface area contributed by atoms with Gasteiger partial charge in [-0.15, -0.1) is 0 Å². The summed E-state index contributed by atoms with van der Waals surface area (Å²) in [7, 11) is 0. The fourth-order valence-corrected chi connectivity index (χ4v) is 2.24. The van der Waals surface area contributed by atoms with Crippen LogP contribution in [-0.4, -0.2) is 41.6 Å². The number of piperidine rings is 1. The van der Waals surface area contributed by atoms with E-state index < -0.39 is 11.4 Å². The third kappa shape index (κ3) is 4.73. The summed E-state index contributed by atoms with van der Waals surface area (Å²) in [5.74, 6) is -0.820. The Hall–Kier alpha value is -1.26. The maximum absolute atomic E-state index is 12.0. The lowest BCUT2D eigenvalue weighted by molar-refractivity contribution is -0.150. The van der Waals surface area contributed by atoms with Gasteiger partial charge in [0.15, 0.2) is 0 Å². The Morgan fingerprint density at radius 1 is 1.37 bits per heavy atom. The van der Waals surface area contributed by atoms with Gasteiger partial charge in [-0.2, -0.15) is 0 Å². The molecule has 5 heteroatoms. The predicted octanol–water partition coefficient (Wildman–Crippen LogP) is 2.32. The van der Waals surface area contributed by atoms with Crippen molar-refractivity contribution in [1.29, 1.82) is 0 Å². The molecule has 1 unspecified atom stereocenters. The Morgan fingerprint density at radius 3 is 2.53 bits per heavy atom. The van der Waals surface area contributed by atoms with E-state index in [1.54, 1.807) is 11.8 Å². The number of nitrogens with zero attached hydrogens (tertiary/aromatic N) is 1. The summed E-state index contributed by atoms with van der Waals surface area (Å²) >= 11 is 0. The third-order valence-corrected chi connectivity index (χ3v) is 3.65. The first-order chi connectivity index (χ1) is 8.64. The lowest BCUT2D eigenvalue weighted by Crippen LogP contribution is -2.51. The lowest BCUT2D eigenvalue weighted by atomic mass is 9.82. The molecule has 2 amide bonds. The average molecular weight is 270 g/mol. The van der Waals surface area contributed by atoms with Crippen LogP contribution in [0.4, 0.5) is 4.79 Å². The first-order valence-corrected chi connectivity index (χ1v) is 6.90. The number of urea groups is 1. The van der Waals surface area contributed by atoms with E-state index in [-0.39, 0.29) is 11.4 Å². The fourth-order valence-electron chi connectivity index (χ4n) is 2.24. The van der Waals surface area contributed by atoms with Crippen molar-refractivity contribution in [1.82, 2.24) is 10.2 Å². The van der Waals surface area contributed by atoms with Crippen molar-refractivity contribution in [2.75, 3.05) is 19.6 Å². The molecule has 1 fully saturated rings. The smallest absolute Gasteiger partial charge is 0.317 e. The maximum atomic E-state index is 12.0. The molecule has 1 rings (SSSR count). The molecule has 0 aromatic carbocycles. The van der Waals surface area contributed by atoms with Gasteiger partial charge in [0.05, 0.1) is 5.41 Å². The van der Waals surface area contributed by atoms with Crippen molar-refractivity contribution < 1.29 is 14.7 Å².